The molecule has 0 aliphatic carbocycles. The number of nitrogens with two attached hydrogens (primary N) is 1. The third-order valence-electron chi connectivity index (χ3n) is 5.44. The Morgan fingerprint density at radius 3 is 2.52 bits per heavy atom. The van der Waals surface area contributed by atoms with Gasteiger partial charge in [0.05, 0.1) is 11.9 Å². The van der Waals surface area contributed by atoms with Crippen molar-refractivity contribution >= 4 is 11.6 Å². The first-order valence-electron chi connectivity index (χ1n) is 10.0. The number of H-pyrrole nitrogens is 1. The minimum atomic E-state index is -0.535. The number of amides is 1. The molecule has 0 spiro atoms. The summed E-state index contributed by atoms with van der Waals surface area (Å²) in [6.45, 7) is 3.51. The minimum Gasteiger partial charge on any atom is -0.457 e. The first-order chi connectivity index (χ1) is 15.1. The van der Waals surface area contributed by atoms with Crippen LogP contribution in [0.25, 0.3) is 16.9 Å². The van der Waals surface area contributed by atoms with Gasteiger partial charge >= 0.3 is 0 Å². The number of hydrogen-bond donors (Lipinski definition) is 2. The molecule has 0 saturated carbocycles. The van der Waals surface area contributed by atoms with Crippen molar-refractivity contribution in [2.75, 3.05) is 13.1 Å². The molecule has 2 aromatic carbocycles. The Bertz CT molecular complexity index is 1300. The van der Waals surface area contributed by atoms with Crippen LogP contribution in [0.4, 0.5) is 0 Å². The van der Waals surface area contributed by atoms with E-state index in [1.807, 2.05) is 61.5 Å². The lowest BCUT2D eigenvalue weighted by Crippen LogP contribution is -2.41. The van der Waals surface area contributed by atoms with Crippen LogP contribution in [-0.2, 0) is 0 Å². The molecule has 7 nitrogen and oxygen atoms in total. The second-order valence-corrected chi connectivity index (χ2v) is 7.48. The summed E-state index contributed by atoms with van der Waals surface area (Å²) in [6.07, 6.45) is 1.81. The monoisotopic (exact) mass is 411 g/mol. The molecule has 0 radical (unpaired) electrons. The van der Waals surface area contributed by atoms with E-state index in [9.17, 15) is 4.79 Å². The lowest BCUT2D eigenvalue weighted by Gasteiger charge is -2.35. The number of aromatic amines is 1. The molecule has 4 aromatic rings. The van der Waals surface area contributed by atoms with Crippen molar-refractivity contribution in [3.63, 3.8) is 0 Å². The van der Waals surface area contributed by atoms with E-state index in [0.29, 0.717) is 23.1 Å². The van der Waals surface area contributed by atoms with Gasteiger partial charge in [0.1, 0.15) is 17.1 Å². The third kappa shape index (κ3) is 3.38. The van der Waals surface area contributed by atoms with Crippen LogP contribution >= 0.6 is 0 Å². The Morgan fingerprint density at radius 2 is 1.84 bits per heavy atom. The number of aromatic nitrogens is 3. The summed E-state index contributed by atoms with van der Waals surface area (Å²) in [4.78, 5) is 17.7. The zero-order valence-corrected chi connectivity index (χ0v) is 17.0. The Labute approximate surface area is 179 Å². The van der Waals surface area contributed by atoms with Crippen LogP contribution in [0.15, 0.2) is 60.8 Å². The number of benzene rings is 2. The molecule has 2 aromatic heterocycles. The van der Waals surface area contributed by atoms with Crippen molar-refractivity contribution in [1.82, 2.24) is 19.5 Å². The highest BCUT2D eigenvalue weighted by molar-refractivity contribution is 5.98. The Kier molecular flexibility index (Phi) is 4.60. The van der Waals surface area contributed by atoms with Gasteiger partial charge in [0, 0.05) is 36.2 Å². The molecule has 0 atom stereocenters. The molecule has 3 N–H and O–H groups in total. The topological polar surface area (TPSA) is 88.7 Å². The van der Waals surface area contributed by atoms with Gasteiger partial charge in [-0.2, -0.15) is 5.10 Å². The fourth-order valence-corrected chi connectivity index (χ4v) is 3.91. The van der Waals surface area contributed by atoms with E-state index in [2.05, 4.69) is 26.9 Å². The van der Waals surface area contributed by atoms with E-state index in [1.54, 1.807) is 10.7 Å². The highest BCUT2D eigenvalue weighted by Crippen LogP contribution is 2.33. The maximum atomic E-state index is 12.3. The molecule has 1 amide bonds. The number of imidazole rings is 1. The van der Waals surface area contributed by atoms with Crippen molar-refractivity contribution in [3.8, 4) is 34.7 Å². The standard InChI is InChI=1S/C24H21N5O2/c1-2-12-28-14-17(15-28)20-13-26-29-22(23(25)30)21(27-24(20)29)16-8-10-19(11-9-16)31-18-6-4-3-5-7-18/h3-11,13,17,27H,14-15H2,1H3,(H2,25,30). The first-order valence-corrected chi connectivity index (χ1v) is 10.0. The van der Waals surface area contributed by atoms with Crippen LogP contribution in [0.1, 0.15) is 28.9 Å². The predicted octanol–water partition coefficient (Wildman–Crippen LogP) is 3.60. The van der Waals surface area contributed by atoms with E-state index in [0.717, 1.165) is 35.6 Å². The zero-order chi connectivity index (χ0) is 21.4. The molecule has 1 aliphatic heterocycles. The zero-order valence-electron chi connectivity index (χ0n) is 17.0. The molecular formula is C24H21N5O2. The minimum absolute atomic E-state index is 0.312. The quantitative estimate of drug-likeness (QED) is 0.491. The lowest BCUT2D eigenvalue weighted by atomic mass is 9.94. The van der Waals surface area contributed by atoms with E-state index in [1.165, 1.54) is 0 Å². The SMILES string of the molecule is CC#CN1CC(c2cnn3c(C(N)=O)c(-c4ccc(Oc5ccccc5)cc4)[nH]c23)C1. The average molecular weight is 411 g/mol. The fraction of sp³-hybridized carbons (Fsp3) is 0.167. The first kappa shape index (κ1) is 18.8. The van der Waals surface area contributed by atoms with Gasteiger partial charge in [-0.1, -0.05) is 24.1 Å². The highest BCUT2D eigenvalue weighted by Gasteiger charge is 2.31. The summed E-state index contributed by atoms with van der Waals surface area (Å²) in [6, 6.07) is 20.2. The number of nitrogens with zero attached hydrogens (tertiary/aromatic N) is 3. The van der Waals surface area contributed by atoms with Gasteiger partial charge in [0.2, 0.25) is 0 Å². The molecule has 1 saturated heterocycles. The maximum Gasteiger partial charge on any atom is 0.269 e. The summed E-state index contributed by atoms with van der Waals surface area (Å²) in [5.41, 5.74) is 9.39. The van der Waals surface area contributed by atoms with Gasteiger partial charge in [0.25, 0.3) is 5.91 Å². The third-order valence-corrected chi connectivity index (χ3v) is 5.44. The lowest BCUT2D eigenvalue weighted by molar-refractivity contribution is 0.0994. The van der Waals surface area contributed by atoms with Gasteiger partial charge < -0.3 is 20.4 Å². The molecule has 3 heterocycles. The van der Waals surface area contributed by atoms with Crippen LogP contribution in [0.5, 0.6) is 11.5 Å². The van der Waals surface area contributed by atoms with Gasteiger partial charge in [-0.25, -0.2) is 4.52 Å². The normalized spacial score (nSPS) is 13.5. The molecule has 0 bridgehead atoms. The summed E-state index contributed by atoms with van der Waals surface area (Å²) >= 11 is 0. The van der Waals surface area contributed by atoms with E-state index in [4.69, 9.17) is 10.5 Å². The maximum absolute atomic E-state index is 12.3. The second-order valence-electron chi connectivity index (χ2n) is 7.48. The van der Waals surface area contributed by atoms with Crippen molar-refractivity contribution < 1.29 is 9.53 Å². The molecule has 1 aliphatic rings. The van der Waals surface area contributed by atoms with E-state index in [-0.39, 0.29) is 0 Å². The van der Waals surface area contributed by atoms with Gasteiger partial charge in [-0.05, 0) is 43.3 Å². The Balaban J connectivity index is 1.47. The molecular weight excluding hydrogens is 390 g/mol. The van der Waals surface area contributed by atoms with Gasteiger partial charge in [-0.15, -0.1) is 0 Å². The summed E-state index contributed by atoms with van der Waals surface area (Å²) in [7, 11) is 0. The number of para-hydroxylation sites is 1. The average Bonchev–Trinajstić information content (AvgIpc) is 3.31. The van der Waals surface area contributed by atoms with Gasteiger partial charge in [0.15, 0.2) is 5.69 Å². The number of rotatable bonds is 5. The summed E-state index contributed by atoms with van der Waals surface area (Å²) in [5.74, 6) is 4.17. The highest BCUT2D eigenvalue weighted by atomic mass is 16.5. The molecule has 5 rings (SSSR count). The second kappa shape index (κ2) is 7.58. The van der Waals surface area contributed by atoms with Crippen molar-refractivity contribution in [2.45, 2.75) is 12.8 Å². The number of carbonyl (C=O) groups excluding carboxylic acids is 1. The Hall–Kier alpha value is -4.18. The van der Waals surface area contributed by atoms with E-state index >= 15 is 0 Å². The Morgan fingerprint density at radius 1 is 1.13 bits per heavy atom. The number of carbonyl (C=O) groups is 1. The number of primary amides is 1. The smallest absolute Gasteiger partial charge is 0.269 e. The number of hydrogen-bond acceptors (Lipinski definition) is 4. The van der Waals surface area contributed by atoms with Crippen LogP contribution < -0.4 is 10.5 Å². The number of fused-ring (bicyclic) bond motifs is 1. The molecule has 31 heavy (non-hydrogen) atoms. The molecule has 0 unspecified atom stereocenters. The number of likely N-dealkylation sites (tertiary alicyclic amines) is 1. The number of ether oxygens (including phenoxy) is 1. The van der Waals surface area contributed by atoms with Crippen molar-refractivity contribution in [1.29, 1.82) is 0 Å². The molecule has 154 valence electrons. The van der Waals surface area contributed by atoms with Crippen LogP contribution in [0.3, 0.4) is 0 Å². The molecule has 7 heteroatoms. The van der Waals surface area contributed by atoms with Crippen LogP contribution in [0.2, 0.25) is 0 Å². The van der Waals surface area contributed by atoms with Gasteiger partial charge in [-0.3, -0.25) is 4.79 Å². The van der Waals surface area contributed by atoms with Crippen molar-refractivity contribution in [3.05, 3.63) is 72.1 Å². The van der Waals surface area contributed by atoms with Crippen molar-refractivity contribution in [2.24, 2.45) is 5.73 Å². The number of nitrogens with one attached hydrogen (secondary N) is 1. The van der Waals surface area contributed by atoms with Crippen LogP contribution in [-0.4, -0.2) is 38.5 Å². The fourth-order valence-electron chi connectivity index (χ4n) is 3.91. The van der Waals surface area contributed by atoms with Crippen LogP contribution in [0, 0.1) is 12.0 Å². The van der Waals surface area contributed by atoms with E-state index < -0.39 is 5.91 Å². The largest absolute Gasteiger partial charge is 0.457 e. The summed E-state index contributed by atoms with van der Waals surface area (Å²) in [5, 5.41) is 4.44. The summed E-state index contributed by atoms with van der Waals surface area (Å²) < 4.78 is 7.47. The predicted molar refractivity (Wildman–Crippen MR) is 118 cm³/mol. The molecule has 1 fully saturated rings.